The van der Waals surface area contributed by atoms with E-state index in [1.54, 1.807) is 6.92 Å². The summed E-state index contributed by atoms with van der Waals surface area (Å²) < 4.78 is 31.2. The lowest BCUT2D eigenvalue weighted by Gasteiger charge is -2.07. The van der Waals surface area contributed by atoms with Crippen molar-refractivity contribution in [3.8, 4) is 0 Å². The van der Waals surface area contributed by atoms with Gasteiger partial charge >= 0.3 is 0 Å². The van der Waals surface area contributed by atoms with Gasteiger partial charge in [0.15, 0.2) is 0 Å². The van der Waals surface area contributed by atoms with Crippen molar-refractivity contribution in [2.45, 2.75) is 20.4 Å². The minimum atomic E-state index is -0.502. The monoisotopic (exact) mass is 239 g/mol. The molecule has 0 fully saturated rings. The van der Waals surface area contributed by atoms with Crippen LogP contribution >= 0.6 is 0 Å². The van der Waals surface area contributed by atoms with Crippen molar-refractivity contribution in [1.29, 1.82) is 0 Å². The molecule has 0 radical (unpaired) electrons. The minimum absolute atomic E-state index is 0.0931. The van der Waals surface area contributed by atoms with Crippen molar-refractivity contribution in [3.05, 3.63) is 40.7 Å². The predicted octanol–water partition coefficient (Wildman–Crippen LogP) is 2.58. The third-order valence-electron chi connectivity index (χ3n) is 2.44. The fourth-order valence-corrected chi connectivity index (χ4v) is 1.37. The topological polar surface area (TPSA) is 51.0 Å². The summed E-state index contributed by atoms with van der Waals surface area (Å²) in [5.74, 6) is -0.957. The molecule has 0 bridgehead atoms. The summed E-state index contributed by atoms with van der Waals surface area (Å²) in [6.07, 6.45) is 0. The number of benzene rings is 1. The van der Waals surface area contributed by atoms with Crippen LogP contribution < -0.4 is 5.32 Å². The molecule has 0 amide bonds. The smallest absolute Gasteiger partial charge is 0.146 e. The van der Waals surface area contributed by atoms with E-state index in [0.29, 0.717) is 11.4 Å². The summed E-state index contributed by atoms with van der Waals surface area (Å²) in [5, 5.41) is 9.97. The summed E-state index contributed by atoms with van der Waals surface area (Å²) in [7, 11) is 0. The normalized spacial score (nSPS) is 10.6. The van der Waals surface area contributed by atoms with Gasteiger partial charge in [-0.05, 0) is 25.5 Å². The standard InChI is InChI=1S/C11H11F2N3O/c1-6-3-9(13)10(4-8(6)12)14-5-11-7(2)15-17-16-11/h3-4,14H,5H2,1-2H3. The summed E-state index contributed by atoms with van der Waals surface area (Å²) in [4.78, 5) is 0. The summed E-state index contributed by atoms with van der Waals surface area (Å²) >= 11 is 0. The molecule has 1 heterocycles. The fourth-order valence-electron chi connectivity index (χ4n) is 1.37. The zero-order valence-corrected chi connectivity index (χ0v) is 9.42. The lowest BCUT2D eigenvalue weighted by Crippen LogP contribution is -2.04. The van der Waals surface area contributed by atoms with E-state index >= 15 is 0 Å². The van der Waals surface area contributed by atoms with Crippen molar-refractivity contribution in [1.82, 2.24) is 10.3 Å². The van der Waals surface area contributed by atoms with Gasteiger partial charge in [0, 0.05) is 6.07 Å². The Bertz CT molecular complexity index is 540. The first-order valence-electron chi connectivity index (χ1n) is 5.05. The molecule has 17 heavy (non-hydrogen) atoms. The van der Waals surface area contributed by atoms with E-state index in [-0.39, 0.29) is 17.8 Å². The first kappa shape index (κ1) is 11.5. The van der Waals surface area contributed by atoms with Gasteiger partial charge in [-0.1, -0.05) is 10.3 Å². The molecule has 0 saturated carbocycles. The number of hydrogen-bond acceptors (Lipinski definition) is 4. The molecule has 2 rings (SSSR count). The minimum Gasteiger partial charge on any atom is -0.377 e. The highest BCUT2D eigenvalue weighted by molar-refractivity contribution is 5.47. The zero-order chi connectivity index (χ0) is 12.4. The summed E-state index contributed by atoms with van der Waals surface area (Å²) in [6, 6.07) is 2.26. The SMILES string of the molecule is Cc1cc(F)c(NCc2nonc2C)cc1F. The Balaban J connectivity index is 2.14. The molecule has 0 spiro atoms. The van der Waals surface area contributed by atoms with Crippen LogP contribution in [0.2, 0.25) is 0 Å². The average Bonchev–Trinajstić information content (AvgIpc) is 2.68. The third-order valence-corrected chi connectivity index (χ3v) is 2.44. The highest BCUT2D eigenvalue weighted by atomic mass is 19.1. The van der Waals surface area contributed by atoms with Crippen molar-refractivity contribution in [2.24, 2.45) is 0 Å². The van der Waals surface area contributed by atoms with Gasteiger partial charge in [-0.3, -0.25) is 0 Å². The van der Waals surface area contributed by atoms with Gasteiger partial charge in [0.05, 0.1) is 12.2 Å². The molecule has 1 aromatic heterocycles. The van der Waals surface area contributed by atoms with Gasteiger partial charge in [0.25, 0.3) is 0 Å². The van der Waals surface area contributed by atoms with Gasteiger partial charge in [0.1, 0.15) is 23.0 Å². The van der Waals surface area contributed by atoms with Crippen LogP contribution in [0.5, 0.6) is 0 Å². The Morgan fingerprint density at radius 1 is 1.18 bits per heavy atom. The Kier molecular flexibility index (Phi) is 3.03. The van der Waals surface area contributed by atoms with Crippen LogP contribution in [-0.2, 0) is 6.54 Å². The number of halogens is 2. The molecule has 0 atom stereocenters. The van der Waals surface area contributed by atoms with Gasteiger partial charge in [-0.25, -0.2) is 13.4 Å². The molecule has 90 valence electrons. The zero-order valence-electron chi connectivity index (χ0n) is 9.42. The molecular formula is C11H11F2N3O. The highest BCUT2D eigenvalue weighted by Gasteiger charge is 2.09. The van der Waals surface area contributed by atoms with E-state index in [9.17, 15) is 8.78 Å². The summed E-state index contributed by atoms with van der Waals surface area (Å²) in [5.41, 5.74) is 1.54. The second kappa shape index (κ2) is 4.48. The first-order chi connectivity index (χ1) is 8.08. The Morgan fingerprint density at radius 2 is 1.94 bits per heavy atom. The molecule has 6 heteroatoms. The van der Waals surface area contributed by atoms with Crippen LogP contribution in [0.3, 0.4) is 0 Å². The number of nitrogens with one attached hydrogen (secondary N) is 1. The van der Waals surface area contributed by atoms with Gasteiger partial charge in [-0.2, -0.15) is 0 Å². The molecule has 0 aliphatic carbocycles. The van der Waals surface area contributed by atoms with E-state index < -0.39 is 11.6 Å². The molecule has 1 aromatic carbocycles. The van der Waals surface area contributed by atoms with Crippen molar-refractivity contribution in [3.63, 3.8) is 0 Å². The first-order valence-corrected chi connectivity index (χ1v) is 5.05. The number of nitrogens with zero attached hydrogens (tertiary/aromatic N) is 2. The van der Waals surface area contributed by atoms with E-state index in [2.05, 4.69) is 20.3 Å². The summed E-state index contributed by atoms with van der Waals surface area (Å²) in [6.45, 7) is 3.46. The maximum Gasteiger partial charge on any atom is 0.146 e. The van der Waals surface area contributed by atoms with Crippen LogP contribution in [0.25, 0.3) is 0 Å². The van der Waals surface area contributed by atoms with E-state index in [4.69, 9.17) is 0 Å². The largest absolute Gasteiger partial charge is 0.377 e. The third kappa shape index (κ3) is 2.41. The molecule has 0 aliphatic heterocycles. The van der Waals surface area contributed by atoms with Gasteiger partial charge in [-0.15, -0.1) is 0 Å². The predicted molar refractivity (Wildman–Crippen MR) is 57.5 cm³/mol. The number of hydrogen-bond donors (Lipinski definition) is 1. The number of rotatable bonds is 3. The van der Waals surface area contributed by atoms with Crippen LogP contribution in [0, 0.1) is 25.5 Å². The van der Waals surface area contributed by atoms with Gasteiger partial charge < -0.3 is 5.32 Å². The molecule has 0 aliphatic rings. The average molecular weight is 239 g/mol. The van der Waals surface area contributed by atoms with Crippen LogP contribution in [-0.4, -0.2) is 10.3 Å². The number of aromatic nitrogens is 2. The Morgan fingerprint density at radius 3 is 2.59 bits per heavy atom. The lowest BCUT2D eigenvalue weighted by atomic mass is 10.2. The lowest BCUT2D eigenvalue weighted by molar-refractivity contribution is 0.301. The Labute approximate surface area is 96.6 Å². The van der Waals surface area contributed by atoms with E-state index in [1.165, 1.54) is 6.92 Å². The van der Waals surface area contributed by atoms with Crippen LogP contribution in [0.1, 0.15) is 17.0 Å². The van der Waals surface area contributed by atoms with Crippen LogP contribution in [0.4, 0.5) is 14.5 Å². The van der Waals surface area contributed by atoms with E-state index in [1.807, 2.05) is 0 Å². The molecule has 0 saturated heterocycles. The molecule has 4 nitrogen and oxygen atoms in total. The fraction of sp³-hybridized carbons (Fsp3) is 0.273. The maximum atomic E-state index is 13.5. The Hall–Kier alpha value is -1.98. The molecule has 0 unspecified atom stereocenters. The van der Waals surface area contributed by atoms with E-state index in [0.717, 1.165) is 12.1 Å². The second-order valence-electron chi connectivity index (χ2n) is 3.73. The highest BCUT2D eigenvalue weighted by Crippen LogP contribution is 2.19. The number of aryl methyl sites for hydroxylation is 2. The molecular weight excluding hydrogens is 228 g/mol. The molecule has 2 aromatic rings. The van der Waals surface area contributed by atoms with Gasteiger partial charge in [0.2, 0.25) is 0 Å². The second-order valence-corrected chi connectivity index (χ2v) is 3.73. The number of anilines is 1. The van der Waals surface area contributed by atoms with Crippen molar-refractivity contribution in [2.75, 3.05) is 5.32 Å². The van der Waals surface area contributed by atoms with Crippen molar-refractivity contribution < 1.29 is 13.4 Å². The maximum absolute atomic E-state index is 13.5. The van der Waals surface area contributed by atoms with Crippen LogP contribution in [0.15, 0.2) is 16.8 Å². The van der Waals surface area contributed by atoms with Crippen molar-refractivity contribution >= 4 is 5.69 Å². The quantitative estimate of drug-likeness (QED) is 0.894. The molecule has 1 N–H and O–H groups in total.